The van der Waals surface area contributed by atoms with Crippen molar-refractivity contribution in [3.63, 3.8) is 0 Å². The summed E-state index contributed by atoms with van der Waals surface area (Å²) in [6.45, 7) is 4.50. The van der Waals surface area contributed by atoms with Crippen molar-refractivity contribution in [1.29, 1.82) is 0 Å². The Morgan fingerprint density at radius 3 is 2.79 bits per heavy atom. The van der Waals surface area contributed by atoms with Gasteiger partial charge in [-0.1, -0.05) is 28.1 Å². The zero-order chi connectivity index (χ0) is 20.7. The molecule has 1 aliphatic carbocycles. The van der Waals surface area contributed by atoms with Crippen molar-refractivity contribution in [1.82, 2.24) is 19.7 Å². The van der Waals surface area contributed by atoms with Crippen molar-refractivity contribution in [2.75, 3.05) is 0 Å². The average molecular weight is 457 g/mol. The van der Waals surface area contributed by atoms with Crippen molar-refractivity contribution in [3.05, 3.63) is 61.5 Å². The van der Waals surface area contributed by atoms with Gasteiger partial charge in [0.25, 0.3) is 5.56 Å². The van der Waals surface area contributed by atoms with Crippen LogP contribution in [0.5, 0.6) is 0 Å². The standard InChI is InChI=1S/C22H25BrN4O2/c1-13-18(22(29)24-21-20(13)14(2)25-26(21)3)9-10-19(28)27(17-7-8-17)12-15-5-4-6-16(23)11-15/h4-6,11,17H,7-10,12H2,1-3H3,(H,24,29). The summed E-state index contributed by atoms with van der Waals surface area (Å²) in [5.74, 6) is 0.106. The summed E-state index contributed by atoms with van der Waals surface area (Å²) < 4.78 is 2.71. The van der Waals surface area contributed by atoms with E-state index in [2.05, 4.69) is 32.1 Å². The number of nitrogens with one attached hydrogen (secondary N) is 1. The number of benzene rings is 1. The van der Waals surface area contributed by atoms with Gasteiger partial charge in [-0.05, 0) is 56.4 Å². The zero-order valence-electron chi connectivity index (χ0n) is 17.0. The summed E-state index contributed by atoms with van der Waals surface area (Å²) in [6.07, 6.45) is 2.88. The molecule has 29 heavy (non-hydrogen) atoms. The van der Waals surface area contributed by atoms with Gasteiger partial charge in [-0.15, -0.1) is 0 Å². The van der Waals surface area contributed by atoms with Gasteiger partial charge >= 0.3 is 0 Å². The third-order valence-electron chi connectivity index (χ3n) is 5.69. The lowest BCUT2D eigenvalue weighted by atomic mass is 10.0. The molecule has 2 aromatic heterocycles. The molecule has 1 fully saturated rings. The summed E-state index contributed by atoms with van der Waals surface area (Å²) in [4.78, 5) is 30.6. The van der Waals surface area contributed by atoms with Crippen LogP contribution >= 0.6 is 15.9 Å². The molecule has 0 aliphatic heterocycles. The molecule has 6 nitrogen and oxygen atoms in total. The van der Waals surface area contributed by atoms with Crippen molar-refractivity contribution in [2.24, 2.45) is 7.05 Å². The minimum Gasteiger partial charge on any atom is -0.335 e. The van der Waals surface area contributed by atoms with Crippen LogP contribution in [0.1, 0.15) is 41.6 Å². The lowest BCUT2D eigenvalue weighted by molar-refractivity contribution is -0.132. The first-order valence-electron chi connectivity index (χ1n) is 9.94. The van der Waals surface area contributed by atoms with Crippen LogP contribution < -0.4 is 5.56 Å². The van der Waals surface area contributed by atoms with Crippen LogP contribution in [-0.4, -0.2) is 31.6 Å². The van der Waals surface area contributed by atoms with Crippen molar-refractivity contribution < 1.29 is 4.79 Å². The van der Waals surface area contributed by atoms with Crippen molar-refractivity contribution >= 4 is 32.9 Å². The number of hydrogen-bond acceptors (Lipinski definition) is 3. The molecule has 1 N–H and O–H groups in total. The minimum atomic E-state index is -0.129. The van der Waals surface area contributed by atoms with E-state index in [0.29, 0.717) is 31.0 Å². The molecule has 1 amide bonds. The number of aromatic amines is 1. The third kappa shape index (κ3) is 4.01. The van der Waals surface area contributed by atoms with Gasteiger partial charge in [-0.25, -0.2) is 0 Å². The largest absolute Gasteiger partial charge is 0.335 e. The van der Waals surface area contributed by atoms with Gasteiger partial charge in [-0.2, -0.15) is 5.10 Å². The van der Waals surface area contributed by atoms with Gasteiger partial charge in [0, 0.05) is 41.5 Å². The number of carbonyl (C=O) groups is 1. The van der Waals surface area contributed by atoms with Gasteiger partial charge in [0.1, 0.15) is 5.65 Å². The highest BCUT2D eigenvalue weighted by atomic mass is 79.9. The fourth-order valence-electron chi connectivity index (χ4n) is 4.07. The lowest BCUT2D eigenvalue weighted by Gasteiger charge is -2.23. The summed E-state index contributed by atoms with van der Waals surface area (Å²) in [6, 6.07) is 8.39. The average Bonchev–Trinajstić information content (AvgIpc) is 3.45. The first kappa shape index (κ1) is 19.9. The summed E-state index contributed by atoms with van der Waals surface area (Å²) >= 11 is 3.50. The van der Waals surface area contributed by atoms with Crippen LogP contribution in [-0.2, 0) is 24.8 Å². The zero-order valence-corrected chi connectivity index (χ0v) is 18.5. The second-order valence-electron chi connectivity index (χ2n) is 7.87. The van der Waals surface area contributed by atoms with E-state index in [1.165, 1.54) is 0 Å². The maximum absolute atomic E-state index is 13.0. The highest BCUT2D eigenvalue weighted by Crippen LogP contribution is 2.30. The molecule has 0 unspecified atom stereocenters. The number of H-pyrrole nitrogens is 1. The van der Waals surface area contributed by atoms with E-state index in [4.69, 9.17) is 0 Å². The van der Waals surface area contributed by atoms with Crippen LogP contribution in [0.4, 0.5) is 0 Å². The molecule has 1 aliphatic rings. The topological polar surface area (TPSA) is 71.0 Å². The van der Waals surface area contributed by atoms with E-state index >= 15 is 0 Å². The minimum absolute atomic E-state index is 0.106. The normalized spacial score (nSPS) is 13.8. The number of pyridine rings is 1. The van der Waals surface area contributed by atoms with Crippen LogP contribution in [0.25, 0.3) is 11.0 Å². The number of hydrogen-bond donors (Lipinski definition) is 1. The fourth-order valence-corrected chi connectivity index (χ4v) is 4.52. The van der Waals surface area contributed by atoms with E-state index in [9.17, 15) is 9.59 Å². The highest BCUT2D eigenvalue weighted by Gasteiger charge is 2.32. The number of rotatable bonds is 6. The smallest absolute Gasteiger partial charge is 0.253 e. The molecule has 0 spiro atoms. The molecular formula is C22H25BrN4O2. The van der Waals surface area contributed by atoms with Crippen LogP contribution in [0.15, 0.2) is 33.5 Å². The molecule has 0 saturated heterocycles. The van der Waals surface area contributed by atoms with E-state index in [1.54, 1.807) is 4.68 Å². The maximum atomic E-state index is 13.0. The summed E-state index contributed by atoms with van der Waals surface area (Å²) in [5, 5.41) is 5.38. The molecule has 7 heteroatoms. The van der Waals surface area contributed by atoms with Crippen molar-refractivity contribution in [2.45, 2.75) is 52.1 Å². The maximum Gasteiger partial charge on any atom is 0.253 e. The molecule has 0 radical (unpaired) electrons. The molecule has 1 saturated carbocycles. The summed E-state index contributed by atoms with van der Waals surface area (Å²) in [7, 11) is 1.82. The SMILES string of the molecule is Cc1nn(C)c2[nH]c(=O)c(CCC(=O)N(Cc3cccc(Br)c3)C3CC3)c(C)c12. The molecule has 1 aromatic carbocycles. The predicted octanol–water partition coefficient (Wildman–Crippen LogP) is 3.76. The number of nitrogens with zero attached hydrogens (tertiary/aromatic N) is 3. The highest BCUT2D eigenvalue weighted by molar-refractivity contribution is 9.10. The van der Waals surface area contributed by atoms with Gasteiger partial charge in [0.05, 0.1) is 5.69 Å². The predicted molar refractivity (Wildman–Crippen MR) is 117 cm³/mol. The van der Waals surface area contributed by atoms with Gasteiger partial charge in [0.2, 0.25) is 5.91 Å². The second kappa shape index (κ2) is 7.78. The Bertz CT molecular complexity index is 1140. The van der Waals surface area contributed by atoms with Crippen molar-refractivity contribution in [3.8, 4) is 0 Å². The molecule has 2 heterocycles. The quantitative estimate of drug-likeness (QED) is 0.613. The van der Waals surface area contributed by atoms with E-state index in [1.807, 2.05) is 44.0 Å². The molecule has 152 valence electrons. The van der Waals surface area contributed by atoms with Gasteiger partial charge < -0.3 is 9.88 Å². The van der Waals surface area contributed by atoms with Gasteiger partial charge in [0.15, 0.2) is 0 Å². The fraction of sp³-hybridized carbons (Fsp3) is 0.409. The first-order valence-corrected chi connectivity index (χ1v) is 10.7. The molecule has 3 aromatic rings. The Hall–Kier alpha value is -2.41. The summed E-state index contributed by atoms with van der Waals surface area (Å²) in [5.41, 5.74) is 4.21. The Kier molecular flexibility index (Phi) is 5.34. The Labute approximate surface area is 178 Å². The Balaban J connectivity index is 1.54. The van der Waals surface area contributed by atoms with E-state index < -0.39 is 0 Å². The molecule has 0 bridgehead atoms. The monoisotopic (exact) mass is 456 g/mol. The number of fused-ring (bicyclic) bond motifs is 1. The Morgan fingerprint density at radius 2 is 2.10 bits per heavy atom. The number of aromatic nitrogens is 3. The van der Waals surface area contributed by atoms with E-state index in [-0.39, 0.29) is 11.5 Å². The lowest BCUT2D eigenvalue weighted by Crippen LogP contribution is -2.33. The first-order chi connectivity index (χ1) is 13.8. The van der Waals surface area contributed by atoms with Crippen LogP contribution in [0, 0.1) is 13.8 Å². The molecule has 4 rings (SSSR count). The van der Waals surface area contributed by atoms with Crippen LogP contribution in [0.3, 0.4) is 0 Å². The third-order valence-corrected chi connectivity index (χ3v) is 6.19. The van der Waals surface area contributed by atoms with Crippen LogP contribution in [0.2, 0.25) is 0 Å². The molecule has 0 atom stereocenters. The number of halogens is 1. The second-order valence-corrected chi connectivity index (χ2v) is 8.79. The van der Waals surface area contributed by atoms with E-state index in [0.717, 1.165) is 45.2 Å². The number of aryl methyl sites for hydroxylation is 3. The Morgan fingerprint density at radius 1 is 1.34 bits per heavy atom. The molecular weight excluding hydrogens is 432 g/mol. The van der Waals surface area contributed by atoms with Gasteiger partial charge in [-0.3, -0.25) is 14.3 Å². The number of amides is 1. The number of carbonyl (C=O) groups excluding carboxylic acids is 1.